The van der Waals surface area contributed by atoms with Gasteiger partial charge in [-0.1, -0.05) is 6.07 Å². The minimum atomic E-state index is -3.55. The summed E-state index contributed by atoms with van der Waals surface area (Å²) >= 11 is 0. The zero-order valence-corrected chi connectivity index (χ0v) is 9.68. The van der Waals surface area contributed by atoms with Gasteiger partial charge in [-0.3, -0.25) is 0 Å². The summed E-state index contributed by atoms with van der Waals surface area (Å²) in [4.78, 5) is 0.0238. The van der Waals surface area contributed by atoms with Crippen LogP contribution >= 0.6 is 0 Å². The Kier molecular flexibility index (Phi) is 3.92. The Morgan fingerprint density at radius 2 is 1.94 bits per heavy atom. The fraction of sp³-hybridized carbons (Fsp3) is 0.250. The van der Waals surface area contributed by atoms with Gasteiger partial charge in [0, 0.05) is 14.1 Å². The molecule has 2 N–H and O–H groups in total. The molecule has 0 heterocycles. The maximum absolute atomic E-state index is 11.7. The van der Waals surface area contributed by atoms with Crippen LogP contribution in [0.15, 0.2) is 29.2 Å². The predicted octanol–water partition coefficient (Wildman–Crippen LogP) is -0.715. The minimum absolute atomic E-state index is 0.0238. The molecule has 0 atom stereocenters. The van der Waals surface area contributed by atoms with E-state index in [0.29, 0.717) is 0 Å². The van der Waals surface area contributed by atoms with Crippen LogP contribution < -0.4 is 4.65 Å². The van der Waals surface area contributed by atoms with Gasteiger partial charge in [-0.15, -0.1) is 0 Å². The summed E-state index contributed by atoms with van der Waals surface area (Å²) < 4.78 is 29.0. The van der Waals surface area contributed by atoms with Gasteiger partial charge in [0.15, 0.2) is 0 Å². The Hall–Kier alpha value is -1.09. The third-order valence-electron chi connectivity index (χ3n) is 1.83. The van der Waals surface area contributed by atoms with Crippen LogP contribution in [0.2, 0.25) is 0 Å². The number of sulfonamides is 1. The van der Waals surface area contributed by atoms with Gasteiger partial charge < -0.3 is 14.7 Å². The maximum Gasteiger partial charge on any atom is 0.707 e. The van der Waals surface area contributed by atoms with E-state index in [0.717, 1.165) is 4.31 Å². The van der Waals surface area contributed by atoms with Gasteiger partial charge >= 0.3 is 7.32 Å². The highest BCUT2D eigenvalue weighted by atomic mass is 32.2. The molecule has 0 amide bonds. The lowest BCUT2D eigenvalue weighted by Crippen LogP contribution is -2.23. The van der Waals surface area contributed by atoms with Gasteiger partial charge in [-0.2, -0.15) is 0 Å². The normalized spacial score (nSPS) is 11.6. The quantitative estimate of drug-likeness (QED) is 0.684. The van der Waals surface area contributed by atoms with Crippen LogP contribution in [0.5, 0.6) is 5.75 Å². The van der Waals surface area contributed by atoms with Crippen molar-refractivity contribution in [1.82, 2.24) is 4.31 Å². The van der Waals surface area contributed by atoms with Crippen LogP contribution in [0.1, 0.15) is 0 Å². The standard InChI is InChI=1S/C8H12BNO5S/c1-10(2)16(13,14)8-5-3-4-7(6-8)15-9(11)12/h3-6,11-12H,1-2H3. The lowest BCUT2D eigenvalue weighted by atomic mass is 10.2. The van der Waals surface area contributed by atoms with Crippen molar-refractivity contribution in [3.8, 4) is 5.75 Å². The Labute approximate surface area is 94.3 Å². The predicted molar refractivity (Wildman–Crippen MR) is 58.1 cm³/mol. The van der Waals surface area contributed by atoms with Crippen LogP contribution in [-0.2, 0) is 10.0 Å². The number of benzene rings is 1. The molecule has 0 aromatic heterocycles. The fourth-order valence-corrected chi connectivity index (χ4v) is 1.98. The highest BCUT2D eigenvalue weighted by Gasteiger charge is 2.19. The van der Waals surface area contributed by atoms with Crippen LogP contribution in [0.4, 0.5) is 0 Å². The highest BCUT2D eigenvalue weighted by Crippen LogP contribution is 2.19. The van der Waals surface area contributed by atoms with Crippen LogP contribution in [-0.4, -0.2) is 44.2 Å². The lowest BCUT2D eigenvalue weighted by molar-refractivity contribution is 0.288. The van der Waals surface area contributed by atoms with E-state index in [9.17, 15) is 8.42 Å². The molecule has 0 saturated carbocycles. The lowest BCUT2D eigenvalue weighted by Gasteiger charge is -2.12. The van der Waals surface area contributed by atoms with Crippen molar-refractivity contribution < 1.29 is 23.1 Å². The first-order valence-electron chi connectivity index (χ1n) is 4.39. The van der Waals surface area contributed by atoms with Crippen molar-refractivity contribution in [1.29, 1.82) is 0 Å². The molecular weight excluding hydrogens is 233 g/mol. The Morgan fingerprint density at radius 1 is 1.31 bits per heavy atom. The van der Waals surface area contributed by atoms with Gasteiger partial charge in [0.05, 0.1) is 4.90 Å². The molecule has 0 fully saturated rings. The second-order valence-corrected chi connectivity index (χ2v) is 5.36. The SMILES string of the molecule is CN(C)S(=O)(=O)c1cccc(OB(O)O)c1. The van der Waals surface area contributed by atoms with E-state index in [1.165, 1.54) is 38.4 Å². The molecule has 1 rings (SSSR count). The summed E-state index contributed by atoms with van der Waals surface area (Å²) in [5, 5.41) is 17.2. The molecule has 0 bridgehead atoms. The van der Waals surface area contributed by atoms with Crippen molar-refractivity contribution in [2.24, 2.45) is 0 Å². The van der Waals surface area contributed by atoms with Crippen molar-refractivity contribution in [3.63, 3.8) is 0 Å². The third-order valence-corrected chi connectivity index (χ3v) is 3.64. The molecule has 0 saturated heterocycles. The summed E-state index contributed by atoms with van der Waals surface area (Å²) in [6.45, 7) is 0. The molecule has 0 aliphatic rings. The monoisotopic (exact) mass is 245 g/mol. The molecule has 0 aliphatic carbocycles. The average molecular weight is 245 g/mol. The van der Waals surface area contributed by atoms with Crippen molar-refractivity contribution >= 4 is 17.3 Å². The van der Waals surface area contributed by atoms with Gasteiger partial charge in [-0.25, -0.2) is 12.7 Å². The van der Waals surface area contributed by atoms with E-state index in [2.05, 4.69) is 4.65 Å². The topological polar surface area (TPSA) is 87.1 Å². The van der Waals surface area contributed by atoms with Gasteiger partial charge in [-0.05, 0) is 18.2 Å². The number of nitrogens with zero attached hydrogens (tertiary/aromatic N) is 1. The summed E-state index contributed by atoms with van der Waals surface area (Å²) in [5.74, 6) is 0.0675. The zero-order valence-electron chi connectivity index (χ0n) is 8.86. The summed E-state index contributed by atoms with van der Waals surface area (Å²) in [6.07, 6.45) is 0. The molecule has 0 unspecified atom stereocenters. The molecule has 6 nitrogen and oxygen atoms in total. The van der Waals surface area contributed by atoms with E-state index in [1.54, 1.807) is 0 Å². The number of rotatable bonds is 4. The van der Waals surface area contributed by atoms with Crippen molar-refractivity contribution in [2.45, 2.75) is 4.90 Å². The first kappa shape index (κ1) is 13.0. The molecule has 8 heteroatoms. The second kappa shape index (κ2) is 4.83. The molecule has 1 aromatic carbocycles. The van der Waals surface area contributed by atoms with Gasteiger partial charge in [0.25, 0.3) is 0 Å². The molecule has 88 valence electrons. The minimum Gasteiger partial charge on any atom is -0.512 e. The first-order chi connectivity index (χ1) is 7.34. The van der Waals surface area contributed by atoms with E-state index in [-0.39, 0.29) is 10.6 Å². The molecule has 16 heavy (non-hydrogen) atoms. The molecule has 1 aromatic rings. The number of hydrogen-bond acceptors (Lipinski definition) is 5. The van der Waals surface area contributed by atoms with E-state index >= 15 is 0 Å². The van der Waals surface area contributed by atoms with Crippen molar-refractivity contribution in [3.05, 3.63) is 24.3 Å². The zero-order chi connectivity index (χ0) is 12.3. The molecule has 0 aliphatic heterocycles. The first-order valence-corrected chi connectivity index (χ1v) is 5.83. The van der Waals surface area contributed by atoms with Crippen LogP contribution in [0.25, 0.3) is 0 Å². The average Bonchev–Trinajstić information content (AvgIpc) is 2.16. The highest BCUT2D eigenvalue weighted by molar-refractivity contribution is 7.89. The summed E-state index contributed by atoms with van der Waals surface area (Å²) in [5.41, 5.74) is 0. The van der Waals surface area contributed by atoms with E-state index in [1.807, 2.05) is 0 Å². The maximum atomic E-state index is 11.7. The molecule has 0 spiro atoms. The summed E-state index contributed by atoms with van der Waals surface area (Å²) in [6, 6.07) is 5.49. The Bertz CT molecular complexity index is 459. The third kappa shape index (κ3) is 2.95. The van der Waals surface area contributed by atoms with E-state index in [4.69, 9.17) is 10.0 Å². The Morgan fingerprint density at radius 3 is 2.44 bits per heavy atom. The Balaban J connectivity index is 3.08. The summed E-state index contributed by atoms with van der Waals surface area (Å²) in [7, 11) is -2.71. The van der Waals surface area contributed by atoms with Gasteiger partial charge in [0.1, 0.15) is 5.75 Å². The molecular formula is C8H12BNO5S. The largest absolute Gasteiger partial charge is 0.707 e. The fourth-order valence-electron chi connectivity index (χ4n) is 1.04. The van der Waals surface area contributed by atoms with Crippen LogP contribution in [0.3, 0.4) is 0 Å². The number of hydrogen-bond donors (Lipinski definition) is 2. The second-order valence-electron chi connectivity index (χ2n) is 3.21. The molecule has 0 radical (unpaired) electrons. The van der Waals surface area contributed by atoms with Crippen LogP contribution in [0, 0.1) is 0 Å². The van der Waals surface area contributed by atoms with E-state index < -0.39 is 17.3 Å². The van der Waals surface area contributed by atoms with Gasteiger partial charge in [0.2, 0.25) is 10.0 Å². The van der Waals surface area contributed by atoms with Crippen molar-refractivity contribution in [2.75, 3.05) is 14.1 Å². The smallest absolute Gasteiger partial charge is 0.512 e.